The third-order valence-electron chi connectivity index (χ3n) is 2.96. The Morgan fingerprint density at radius 1 is 1.55 bits per heavy atom. The van der Waals surface area contributed by atoms with E-state index < -0.39 is 5.97 Å². The standard InChI is InChI=1S/C14H14BrClN2O2/c1-4-20-14(19)8-6-18-13-9(15)5-7(2)11(16)10(13)12(8)17-3/h5-6H,4H2,1-3H3,(H,17,18). The number of anilines is 1. The molecule has 0 saturated carbocycles. The molecule has 1 aromatic heterocycles. The third kappa shape index (κ3) is 2.47. The topological polar surface area (TPSA) is 51.2 Å². The number of benzene rings is 1. The highest BCUT2D eigenvalue weighted by atomic mass is 79.9. The summed E-state index contributed by atoms with van der Waals surface area (Å²) in [5, 5.41) is 4.32. The van der Waals surface area contributed by atoms with E-state index in [1.165, 1.54) is 6.20 Å². The Bertz CT molecular complexity index is 689. The highest BCUT2D eigenvalue weighted by Crippen LogP contribution is 2.38. The fourth-order valence-corrected chi connectivity index (χ4v) is 2.93. The molecule has 0 spiro atoms. The largest absolute Gasteiger partial charge is 0.462 e. The Morgan fingerprint density at radius 2 is 2.25 bits per heavy atom. The van der Waals surface area contributed by atoms with Crippen LogP contribution in [0.1, 0.15) is 22.8 Å². The average Bonchev–Trinajstić information content (AvgIpc) is 2.43. The number of rotatable bonds is 3. The molecule has 0 fully saturated rings. The van der Waals surface area contributed by atoms with Gasteiger partial charge in [-0.3, -0.25) is 4.98 Å². The van der Waals surface area contributed by atoms with E-state index in [4.69, 9.17) is 16.3 Å². The number of nitrogens with one attached hydrogen (secondary N) is 1. The molecule has 2 rings (SSSR count). The molecule has 0 amide bonds. The van der Waals surface area contributed by atoms with Gasteiger partial charge in [0.05, 0.1) is 22.8 Å². The van der Waals surface area contributed by atoms with Crippen LogP contribution in [0.4, 0.5) is 5.69 Å². The van der Waals surface area contributed by atoms with E-state index in [0.717, 1.165) is 10.0 Å². The van der Waals surface area contributed by atoms with Crippen LogP contribution < -0.4 is 5.32 Å². The van der Waals surface area contributed by atoms with Gasteiger partial charge in [-0.1, -0.05) is 11.6 Å². The molecule has 2 aromatic rings. The first-order valence-electron chi connectivity index (χ1n) is 6.13. The van der Waals surface area contributed by atoms with Crippen molar-refractivity contribution in [1.82, 2.24) is 4.98 Å². The predicted molar refractivity (Wildman–Crippen MR) is 84.7 cm³/mol. The van der Waals surface area contributed by atoms with E-state index in [2.05, 4.69) is 26.2 Å². The minimum absolute atomic E-state index is 0.311. The second kappa shape index (κ2) is 5.97. The molecule has 0 aliphatic carbocycles. The summed E-state index contributed by atoms with van der Waals surface area (Å²) in [5.74, 6) is -0.417. The molecule has 0 radical (unpaired) electrons. The fraction of sp³-hybridized carbons (Fsp3) is 0.286. The maximum Gasteiger partial charge on any atom is 0.341 e. The first-order valence-corrected chi connectivity index (χ1v) is 7.30. The summed E-state index contributed by atoms with van der Waals surface area (Å²) in [6, 6.07) is 1.90. The Kier molecular flexibility index (Phi) is 4.50. The van der Waals surface area contributed by atoms with Gasteiger partial charge in [0.1, 0.15) is 5.56 Å². The van der Waals surface area contributed by atoms with Crippen molar-refractivity contribution in [2.75, 3.05) is 19.0 Å². The second-order valence-corrected chi connectivity index (χ2v) is 5.46. The Hall–Kier alpha value is -1.33. The van der Waals surface area contributed by atoms with Crippen molar-refractivity contribution in [3.8, 4) is 0 Å². The lowest BCUT2D eigenvalue weighted by molar-refractivity contribution is 0.0527. The minimum Gasteiger partial charge on any atom is -0.462 e. The number of carbonyl (C=O) groups is 1. The second-order valence-electron chi connectivity index (χ2n) is 4.23. The summed E-state index contributed by atoms with van der Waals surface area (Å²) in [7, 11) is 1.74. The summed E-state index contributed by atoms with van der Waals surface area (Å²) in [6.07, 6.45) is 1.50. The van der Waals surface area contributed by atoms with Gasteiger partial charge in [0, 0.05) is 23.1 Å². The van der Waals surface area contributed by atoms with Crippen molar-refractivity contribution in [2.24, 2.45) is 0 Å². The number of fused-ring (bicyclic) bond motifs is 1. The molecule has 0 aliphatic rings. The van der Waals surface area contributed by atoms with E-state index >= 15 is 0 Å². The Labute approximate surface area is 130 Å². The van der Waals surface area contributed by atoms with Crippen molar-refractivity contribution >= 4 is 50.1 Å². The van der Waals surface area contributed by atoms with Crippen LogP contribution in [-0.4, -0.2) is 24.6 Å². The van der Waals surface area contributed by atoms with Gasteiger partial charge in [0.15, 0.2) is 0 Å². The normalized spacial score (nSPS) is 10.7. The highest BCUT2D eigenvalue weighted by molar-refractivity contribution is 9.10. The lowest BCUT2D eigenvalue weighted by atomic mass is 10.1. The van der Waals surface area contributed by atoms with Gasteiger partial charge in [-0.15, -0.1) is 0 Å². The number of hydrogen-bond acceptors (Lipinski definition) is 4. The fourth-order valence-electron chi connectivity index (χ4n) is 2.05. The van der Waals surface area contributed by atoms with Gasteiger partial charge in [-0.05, 0) is 41.4 Å². The smallest absolute Gasteiger partial charge is 0.341 e. The molecular formula is C14H14BrClN2O2. The van der Waals surface area contributed by atoms with Crippen molar-refractivity contribution < 1.29 is 9.53 Å². The summed E-state index contributed by atoms with van der Waals surface area (Å²) >= 11 is 9.86. The number of aromatic nitrogens is 1. The first kappa shape index (κ1) is 15.1. The zero-order valence-corrected chi connectivity index (χ0v) is 13.7. The highest BCUT2D eigenvalue weighted by Gasteiger charge is 2.19. The number of halogens is 2. The molecule has 0 saturated heterocycles. The van der Waals surface area contributed by atoms with Crippen molar-refractivity contribution in [3.05, 3.63) is 32.9 Å². The monoisotopic (exact) mass is 356 g/mol. The summed E-state index contributed by atoms with van der Waals surface area (Å²) in [6.45, 7) is 3.98. The van der Waals surface area contributed by atoms with Gasteiger partial charge >= 0.3 is 5.97 Å². The van der Waals surface area contributed by atoms with Crippen LogP contribution in [0.5, 0.6) is 0 Å². The van der Waals surface area contributed by atoms with E-state index in [1.54, 1.807) is 14.0 Å². The number of esters is 1. The SMILES string of the molecule is CCOC(=O)c1cnc2c(Br)cc(C)c(Cl)c2c1NC. The van der Waals surface area contributed by atoms with Crippen LogP contribution >= 0.6 is 27.5 Å². The van der Waals surface area contributed by atoms with Gasteiger partial charge < -0.3 is 10.1 Å². The van der Waals surface area contributed by atoms with Crippen molar-refractivity contribution in [3.63, 3.8) is 0 Å². The molecule has 4 nitrogen and oxygen atoms in total. The van der Waals surface area contributed by atoms with Crippen LogP contribution in [0.15, 0.2) is 16.7 Å². The summed E-state index contributed by atoms with van der Waals surface area (Å²) < 4.78 is 5.88. The van der Waals surface area contributed by atoms with Crippen LogP contribution in [0.3, 0.4) is 0 Å². The number of pyridine rings is 1. The Morgan fingerprint density at radius 3 is 2.85 bits per heavy atom. The van der Waals surface area contributed by atoms with Crippen molar-refractivity contribution in [1.29, 1.82) is 0 Å². The zero-order chi connectivity index (χ0) is 14.9. The van der Waals surface area contributed by atoms with E-state index in [0.29, 0.717) is 33.8 Å². The van der Waals surface area contributed by atoms with E-state index in [1.807, 2.05) is 13.0 Å². The van der Waals surface area contributed by atoms with Crippen LogP contribution in [0.2, 0.25) is 5.02 Å². The van der Waals surface area contributed by atoms with Gasteiger partial charge in [-0.2, -0.15) is 0 Å². The van der Waals surface area contributed by atoms with Gasteiger partial charge in [0.25, 0.3) is 0 Å². The molecule has 0 unspecified atom stereocenters. The van der Waals surface area contributed by atoms with Crippen LogP contribution in [0.25, 0.3) is 10.9 Å². The molecule has 1 N–H and O–H groups in total. The van der Waals surface area contributed by atoms with Crippen LogP contribution in [0, 0.1) is 6.92 Å². The molecule has 0 atom stereocenters. The molecule has 106 valence electrons. The van der Waals surface area contributed by atoms with E-state index in [-0.39, 0.29) is 0 Å². The van der Waals surface area contributed by atoms with Gasteiger partial charge in [0.2, 0.25) is 0 Å². The average molecular weight is 358 g/mol. The predicted octanol–water partition coefficient (Wildman–Crippen LogP) is 4.18. The number of hydrogen-bond donors (Lipinski definition) is 1. The molecule has 1 heterocycles. The molecule has 0 bridgehead atoms. The number of aryl methyl sites for hydroxylation is 1. The lowest BCUT2D eigenvalue weighted by Gasteiger charge is -2.14. The number of carbonyl (C=O) groups excluding carboxylic acids is 1. The molecule has 6 heteroatoms. The molecular weight excluding hydrogens is 344 g/mol. The van der Waals surface area contributed by atoms with Crippen LogP contribution in [-0.2, 0) is 4.74 Å². The van der Waals surface area contributed by atoms with Gasteiger partial charge in [-0.25, -0.2) is 4.79 Å². The Balaban J connectivity index is 2.82. The van der Waals surface area contributed by atoms with Crippen molar-refractivity contribution in [2.45, 2.75) is 13.8 Å². The zero-order valence-electron chi connectivity index (χ0n) is 11.4. The molecule has 20 heavy (non-hydrogen) atoms. The quantitative estimate of drug-likeness (QED) is 0.837. The number of ether oxygens (including phenoxy) is 1. The summed E-state index contributed by atoms with van der Waals surface area (Å²) in [5.41, 5.74) is 2.62. The molecule has 1 aromatic carbocycles. The van der Waals surface area contributed by atoms with E-state index in [9.17, 15) is 4.79 Å². The number of nitrogens with zero attached hydrogens (tertiary/aromatic N) is 1. The summed E-state index contributed by atoms with van der Waals surface area (Å²) in [4.78, 5) is 16.3. The lowest BCUT2D eigenvalue weighted by Crippen LogP contribution is -2.09. The first-order chi connectivity index (χ1) is 9.51. The minimum atomic E-state index is -0.417. The maximum absolute atomic E-state index is 12.0. The third-order valence-corrected chi connectivity index (χ3v) is 4.05. The molecule has 0 aliphatic heterocycles. The maximum atomic E-state index is 12.0.